The Labute approximate surface area is 253 Å². The number of para-hydroxylation sites is 2. The number of aryl methyl sites for hydroxylation is 1. The van der Waals surface area contributed by atoms with Crippen LogP contribution in [0.1, 0.15) is 50.8 Å². The first-order valence-electron chi connectivity index (χ1n) is 14.3. The largest absolute Gasteiger partial charge is 0.352 e. The van der Waals surface area contributed by atoms with Crippen LogP contribution in [0, 0.1) is 5.92 Å². The van der Waals surface area contributed by atoms with Crippen LogP contribution in [0.4, 0.5) is 11.4 Å². The van der Waals surface area contributed by atoms with Crippen LogP contribution in [0.2, 0.25) is 0 Å². The number of carbonyl (C=O) groups is 3. The van der Waals surface area contributed by atoms with Gasteiger partial charge in [-0.25, -0.2) is 0 Å². The smallest absolute Gasteiger partial charge is 0.238 e. The lowest BCUT2D eigenvalue weighted by atomic mass is 9.64. The normalized spacial score (nSPS) is 23.3. The molecular weight excluding hydrogens is 588 g/mol. The van der Waals surface area contributed by atoms with E-state index in [0.717, 1.165) is 39.7 Å². The molecule has 4 atom stereocenters. The van der Waals surface area contributed by atoms with Crippen molar-refractivity contribution in [2.24, 2.45) is 5.92 Å². The molecule has 42 heavy (non-hydrogen) atoms. The predicted molar refractivity (Wildman–Crippen MR) is 169 cm³/mol. The Morgan fingerprint density at radius 3 is 2.29 bits per heavy atom. The van der Waals surface area contributed by atoms with Crippen LogP contribution in [-0.4, -0.2) is 29.6 Å². The fourth-order valence-electron chi connectivity index (χ4n) is 7.21. The number of carbonyl (C=O) groups excluding carboxylic acids is 3. The molecule has 208 valence electrons. The highest BCUT2D eigenvalue weighted by Gasteiger charge is 2.70. The van der Waals surface area contributed by atoms with Crippen molar-refractivity contribution < 1.29 is 14.4 Å². The second-order valence-electron chi connectivity index (χ2n) is 11.2. The molecule has 1 amide bonds. The van der Waals surface area contributed by atoms with Crippen molar-refractivity contribution in [3.8, 4) is 0 Å². The first kappa shape index (κ1) is 26.6. The number of ketones is 2. The summed E-state index contributed by atoms with van der Waals surface area (Å²) in [6.07, 6.45) is 5.95. The average Bonchev–Trinajstić information content (AvgIpc) is 3.50. The van der Waals surface area contributed by atoms with Crippen molar-refractivity contribution in [2.45, 2.75) is 37.3 Å². The van der Waals surface area contributed by atoms with Gasteiger partial charge in [0.25, 0.3) is 0 Å². The number of hydrogen-bond donors (Lipinski definition) is 1. The molecule has 4 aromatic carbocycles. The molecule has 0 radical (unpaired) electrons. The molecule has 1 saturated heterocycles. The highest BCUT2D eigenvalue weighted by Crippen LogP contribution is 2.58. The zero-order valence-corrected chi connectivity index (χ0v) is 24.7. The molecule has 3 aliphatic heterocycles. The lowest BCUT2D eigenvalue weighted by molar-refractivity contribution is -0.121. The number of Topliss-reactive ketones (excluding diaryl/α,β-unsaturated/α-hetero) is 2. The van der Waals surface area contributed by atoms with E-state index in [0.29, 0.717) is 16.8 Å². The molecule has 7 rings (SSSR count). The van der Waals surface area contributed by atoms with Crippen LogP contribution in [0.3, 0.4) is 0 Å². The Hall–Kier alpha value is -4.29. The fraction of sp³-hybridized carbons (Fsp3) is 0.194. The summed E-state index contributed by atoms with van der Waals surface area (Å²) in [6.45, 7) is 2.13. The first-order valence-corrected chi connectivity index (χ1v) is 15.1. The van der Waals surface area contributed by atoms with Gasteiger partial charge in [0.15, 0.2) is 11.6 Å². The van der Waals surface area contributed by atoms with Crippen LogP contribution in [0.25, 0.3) is 6.08 Å². The van der Waals surface area contributed by atoms with Gasteiger partial charge in [0.2, 0.25) is 5.91 Å². The maximum atomic E-state index is 14.8. The van der Waals surface area contributed by atoms with E-state index in [1.165, 1.54) is 0 Å². The summed E-state index contributed by atoms with van der Waals surface area (Å²) in [6, 6.07) is 28.9. The second-order valence-corrected chi connectivity index (χ2v) is 12.2. The lowest BCUT2D eigenvalue weighted by Crippen LogP contribution is -2.51. The van der Waals surface area contributed by atoms with E-state index in [9.17, 15) is 14.4 Å². The van der Waals surface area contributed by atoms with Gasteiger partial charge in [0.05, 0.1) is 12.0 Å². The van der Waals surface area contributed by atoms with E-state index in [4.69, 9.17) is 0 Å². The molecule has 1 fully saturated rings. The van der Waals surface area contributed by atoms with Crippen LogP contribution >= 0.6 is 15.9 Å². The van der Waals surface area contributed by atoms with Crippen LogP contribution in [0.15, 0.2) is 108 Å². The third kappa shape index (κ3) is 3.85. The number of amides is 1. The average molecular weight is 618 g/mol. The SMILES string of the molecule is CCCc1ccc(C(=O)[C@@H]2[C@H](C(=O)c3ccc(Br)cc3)[C@@]3(C(=O)Nc4ccccc43)[C@@H]3C=Cc4ccccc4N23)cc1. The van der Waals surface area contributed by atoms with E-state index in [1.807, 2.05) is 102 Å². The van der Waals surface area contributed by atoms with Crippen molar-refractivity contribution in [1.82, 2.24) is 0 Å². The van der Waals surface area contributed by atoms with Gasteiger partial charge in [-0.2, -0.15) is 0 Å². The monoisotopic (exact) mass is 616 g/mol. The second kappa shape index (κ2) is 10.2. The standard InChI is InChI=1S/C36H29BrN2O3/c1-2-7-22-12-14-25(15-13-22)34(41)32-31(33(40)24-16-19-26(37)20-17-24)36(27-9-4-5-10-28(27)38-35(36)42)30-21-18-23-8-3-6-11-29(23)39(30)32/h3-6,8-21,30-32H,2,7H2,1H3,(H,38,42)/t30-,31+,32-,36-/m0/s1. The molecule has 0 unspecified atom stereocenters. The molecule has 0 saturated carbocycles. The topological polar surface area (TPSA) is 66.5 Å². The molecule has 6 heteroatoms. The van der Waals surface area contributed by atoms with E-state index < -0.39 is 23.4 Å². The first-order chi connectivity index (χ1) is 20.4. The van der Waals surface area contributed by atoms with Gasteiger partial charge in [0, 0.05) is 27.0 Å². The minimum Gasteiger partial charge on any atom is -0.352 e. The van der Waals surface area contributed by atoms with Crippen molar-refractivity contribution in [3.63, 3.8) is 0 Å². The predicted octanol–water partition coefficient (Wildman–Crippen LogP) is 7.26. The number of halogens is 1. The van der Waals surface area contributed by atoms with Gasteiger partial charge in [-0.1, -0.05) is 114 Å². The number of nitrogens with one attached hydrogen (secondary N) is 1. The van der Waals surface area contributed by atoms with Gasteiger partial charge in [0.1, 0.15) is 11.5 Å². The summed E-state index contributed by atoms with van der Waals surface area (Å²) in [7, 11) is 0. The molecule has 1 spiro atoms. The summed E-state index contributed by atoms with van der Waals surface area (Å²) in [5.74, 6) is -1.63. The molecule has 3 aliphatic rings. The van der Waals surface area contributed by atoms with Crippen LogP contribution in [-0.2, 0) is 16.6 Å². The van der Waals surface area contributed by atoms with Crippen LogP contribution in [0.5, 0.6) is 0 Å². The van der Waals surface area contributed by atoms with Gasteiger partial charge in [-0.05, 0) is 47.4 Å². The molecule has 0 aliphatic carbocycles. The summed E-state index contributed by atoms with van der Waals surface area (Å²) >= 11 is 3.47. The van der Waals surface area contributed by atoms with Crippen molar-refractivity contribution in [1.29, 1.82) is 0 Å². The summed E-state index contributed by atoms with van der Waals surface area (Å²) < 4.78 is 0.846. The maximum Gasteiger partial charge on any atom is 0.238 e. The van der Waals surface area contributed by atoms with Crippen molar-refractivity contribution in [3.05, 3.63) is 135 Å². The van der Waals surface area contributed by atoms with Crippen molar-refractivity contribution >= 4 is 50.9 Å². The molecule has 4 aromatic rings. The third-order valence-electron chi connectivity index (χ3n) is 9.00. The Morgan fingerprint density at radius 1 is 0.857 bits per heavy atom. The minimum atomic E-state index is -1.31. The Balaban J connectivity index is 1.49. The number of fused-ring (bicyclic) bond motifs is 6. The van der Waals surface area contributed by atoms with E-state index in [2.05, 4.69) is 28.2 Å². The molecule has 1 N–H and O–H groups in total. The number of benzene rings is 4. The zero-order valence-electron chi connectivity index (χ0n) is 23.1. The van der Waals surface area contributed by atoms with E-state index in [1.54, 1.807) is 12.1 Å². The quantitative estimate of drug-likeness (QED) is 0.232. The molecule has 3 heterocycles. The van der Waals surface area contributed by atoms with Gasteiger partial charge in [-0.15, -0.1) is 0 Å². The summed E-state index contributed by atoms with van der Waals surface area (Å²) in [4.78, 5) is 46.0. The number of anilines is 2. The summed E-state index contributed by atoms with van der Waals surface area (Å²) in [5.41, 5.74) is 4.06. The number of hydrogen-bond acceptors (Lipinski definition) is 4. The molecule has 0 aromatic heterocycles. The lowest BCUT2D eigenvalue weighted by Gasteiger charge is -2.37. The zero-order chi connectivity index (χ0) is 29.0. The van der Waals surface area contributed by atoms with Crippen LogP contribution < -0.4 is 10.2 Å². The molecule has 0 bridgehead atoms. The highest BCUT2D eigenvalue weighted by atomic mass is 79.9. The van der Waals surface area contributed by atoms with E-state index in [-0.39, 0.29) is 17.5 Å². The Bertz CT molecular complexity index is 1760. The Morgan fingerprint density at radius 2 is 1.52 bits per heavy atom. The van der Waals surface area contributed by atoms with Crippen molar-refractivity contribution in [2.75, 3.05) is 10.2 Å². The minimum absolute atomic E-state index is 0.169. The van der Waals surface area contributed by atoms with Gasteiger partial charge >= 0.3 is 0 Å². The molecular formula is C36H29BrN2O3. The number of rotatable bonds is 6. The van der Waals surface area contributed by atoms with E-state index >= 15 is 0 Å². The number of nitrogens with zero attached hydrogens (tertiary/aromatic N) is 1. The molecule has 5 nitrogen and oxygen atoms in total. The van der Waals surface area contributed by atoms with Gasteiger partial charge in [-0.3, -0.25) is 14.4 Å². The fourth-order valence-corrected chi connectivity index (χ4v) is 7.47. The maximum absolute atomic E-state index is 14.8. The Kier molecular flexibility index (Phi) is 6.47. The summed E-state index contributed by atoms with van der Waals surface area (Å²) in [5, 5.41) is 3.08. The highest BCUT2D eigenvalue weighted by molar-refractivity contribution is 9.10. The third-order valence-corrected chi connectivity index (χ3v) is 9.53. The van der Waals surface area contributed by atoms with Gasteiger partial charge < -0.3 is 10.2 Å².